The molecule has 0 aliphatic heterocycles. The zero-order chi connectivity index (χ0) is 10.1. The predicted molar refractivity (Wildman–Crippen MR) is 58.0 cm³/mol. The first-order valence-corrected chi connectivity index (χ1v) is 4.69. The number of hydrogen-bond acceptors (Lipinski definition) is 3. The van der Waals surface area contributed by atoms with Crippen LogP contribution in [0.2, 0.25) is 0 Å². The Labute approximate surface area is 83.0 Å². The molecule has 0 atom stereocenters. The van der Waals surface area contributed by atoms with Crippen molar-refractivity contribution in [3.05, 3.63) is 30.1 Å². The molecule has 2 N–H and O–H groups in total. The van der Waals surface area contributed by atoms with Crippen LogP contribution in [0.3, 0.4) is 0 Å². The van der Waals surface area contributed by atoms with Gasteiger partial charge in [0.2, 0.25) is 0 Å². The lowest BCUT2D eigenvalue weighted by Gasteiger charge is -2.07. The molecule has 0 amide bonds. The minimum absolute atomic E-state index is 0.378. The van der Waals surface area contributed by atoms with Gasteiger partial charge in [-0.25, -0.2) is 4.98 Å². The highest BCUT2D eigenvalue weighted by Gasteiger charge is 2.06. The molecule has 72 valence electrons. The van der Waals surface area contributed by atoms with Crippen molar-refractivity contribution in [1.82, 2.24) is 9.97 Å². The summed E-state index contributed by atoms with van der Waals surface area (Å²) < 4.78 is 0. The van der Waals surface area contributed by atoms with Crippen molar-refractivity contribution in [2.24, 2.45) is 0 Å². The van der Waals surface area contributed by atoms with Crippen molar-refractivity contribution in [2.75, 3.05) is 5.73 Å². The minimum atomic E-state index is 0.378. The predicted octanol–water partition coefficient (Wildman–Crippen LogP) is 2.34. The fourth-order valence-corrected chi connectivity index (χ4v) is 1.42. The van der Waals surface area contributed by atoms with E-state index < -0.39 is 0 Å². The van der Waals surface area contributed by atoms with Crippen molar-refractivity contribution < 1.29 is 0 Å². The molecule has 0 radical (unpaired) electrons. The van der Waals surface area contributed by atoms with Crippen LogP contribution >= 0.6 is 0 Å². The monoisotopic (exact) mass is 187 g/mol. The number of nitrogen functional groups attached to an aromatic ring is 1. The Balaban J connectivity index is 2.72. The van der Waals surface area contributed by atoms with E-state index in [1.165, 1.54) is 0 Å². The SMILES string of the molecule is CC(C)c1cc2ncccc2c(N)n1. The second-order valence-corrected chi connectivity index (χ2v) is 3.66. The van der Waals surface area contributed by atoms with Gasteiger partial charge in [-0.3, -0.25) is 4.98 Å². The maximum Gasteiger partial charge on any atom is 0.133 e. The largest absolute Gasteiger partial charge is 0.383 e. The standard InChI is InChI=1S/C11H13N3/c1-7(2)9-6-10-8(11(12)14-9)4-3-5-13-10/h3-7H,1-2H3,(H2,12,14). The van der Waals surface area contributed by atoms with Crippen molar-refractivity contribution in [3.63, 3.8) is 0 Å². The lowest BCUT2D eigenvalue weighted by Crippen LogP contribution is -1.99. The summed E-state index contributed by atoms with van der Waals surface area (Å²) in [5.74, 6) is 0.947. The topological polar surface area (TPSA) is 51.8 Å². The summed E-state index contributed by atoms with van der Waals surface area (Å²) in [6.45, 7) is 4.19. The molecule has 0 spiro atoms. The summed E-state index contributed by atoms with van der Waals surface area (Å²) in [5.41, 5.74) is 7.76. The first kappa shape index (κ1) is 8.94. The van der Waals surface area contributed by atoms with E-state index in [-0.39, 0.29) is 0 Å². The fraction of sp³-hybridized carbons (Fsp3) is 0.273. The van der Waals surface area contributed by atoms with E-state index in [9.17, 15) is 0 Å². The molecule has 2 rings (SSSR count). The van der Waals surface area contributed by atoms with Crippen LogP contribution in [0.15, 0.2) is 24.4 Å². The minimum Gasteiger partial charge on any atom is -0.383 e. The van der Waals surface area contributed by atoms with Gasteiger partial charge in [0.05, 0.1) is 5.52 Å². The van der Waals surface area contributed by atoms with Crippen LogP contribution < -0.4 is 5.73 Å². The quantitative estimate of drug-likeness (QED) is 0.745. The van der Waals surface area contributed by atoms with Gasteiger partial charge in [0.1, 0.15) is 5.82 Å². The molecule has 0 aliphatic rings. The van der Waals surface area contributed by atoms with E-state index in [4.69, 9.17) is 5.73 Å². The van der Waals surface area contributed by atoms with Crippen LogP contribution in [0.5, 0.6) is 0 Å². The Hall–Kier alpha value is -1.64. The third kappa shape index (κ3) is 1.41. The number of hydrogen-bond donors (Lipinski definition) is 1. The number of fused-ring (bicyclic) bond motifs is 1. The Kier molecular flexibility index (Phi) is 2.08. The third-order valence-electron chi connectivity index (χ3n) is 2.24. The molecule has 2 aromatic heterocycles. The Morgan fingerprint density at radius 3 is 2.86 bits per heavy atom. The number of nitrogens with two attached hydrogens (primary N) is 1. The molecule has 14 heavy (non-hydrogen) atoms. The van der Waals surface area contributed by atoms with E-state index in [0.29, 0.717) is 11.7 Å². The van der Waals surface area contributed by atoms with Crippen LogP contribution in [0.25, 0.3) is 10.9 Å². The zero-order valence-corrected chi connectivity index (χ0v) is 8.36. The van der Waals surface area contributed by atoms with Gasteiger partial charge in [-0.15, -0.1) is 0 Å². The highest BCUT2D eigenvalue weighted by Crippen LogP contribution is 2.21. The summed E-state index contributed by atoms with van der Waals surface area (Å²) >= 11 is 0. The lowest BCUT2D eigenvalue weighted by atomic mass is 10.1. The molecule has 0 bridgehead atoms. The second-order valence-electron chi connectivity index (χ2n) is 3.66. The van der Waals surface area contributed by atoms with Gasteiger partial charge in [-0.1, -0.05) is 13.8 Å². The molecule has 0 saturated heterocycles. The molecule has 0 saturated carbocycles. The Morgan fingerprint density at radius 1 is 1.36 bits per heavy atom. The van der Waals surface area contributed by atoms with Gasteiger partial charge in [-0.2, -0.15) is 0 Å². The molecule has 0 aliphatic carbocycles. The fourth-order valence-electron chi connectivity index (χ4n) is 1.42. The van der Waals surface area contributed by atoms with Crippen LogP contribution in [-0.4, -0.2) is 9.97 Å². The maximum atomic E-state index is 5.84. The molecule has 3 heteroatoms. The first-order valence-electron chi connectivity index (χ1n) is 4.69. The first-order chi connectivity index (χ1) is 6.68. The average molecular weight is 187 g/mol. The van der Waals surface area contributed by atoms with E-state index in [1.54, 1.807) is 6.20 Å². The summed E-state index contributed by atoms with van der Waals surface area (Å²) in [7, 11) is 0. The summed E-state index contributed by atoms with van der Waals surface area (Å²) in [6.07, 6.45) is 1.77. The highest BCUT2D eigenvalue weighted by atomic mass is 14.9. The van der Waals surface area contributed by atoms with E-state index >= 15 is 0 Å². The second kappa shape index (κ2) is 3.25. The Bertz CT molecular complexity index is 463. The molecular weight excluding hydrogens is 174 g/mol. The normalized spacial score (nSPS) is 11.1. The van der Waals surface area contributed by atoms with Gasteiger partial charge in [-0.05, 0) is 24.1 Å². The van der Waals surface area contributed by atoms with Crippen LogP contribution in [0, 0.1) is 0 Å². The molecule has 0 unspecified atom stereocenters. The number of anilines is 1. The number of nitrogens with zero attached hydrogens (tertiary/aromatic N) is 2. The van der Waals surface area contributed by atoms with E-state index in [2.05, 4.69) is 23.8 Å². The zero-order valence-electron chi connectivity index (χ0n) is 8.36. The number of pyridine rings is 2. The highest BCUT2D eigenvalue weighted by molar-refractivity contribution is 5.88. The lowest BCUT2D eigenvalue weighted by molar-refractivity contribution is 0.827. The maximum absolute atomic E-state index is 5.84. The van der Waals surface area contributed by atoms with E-state index in [0.717, 1.165) is 16.6 Å². The van der Waals surface area contributed by atoms with Gasteiger partial charge in [0.25, 0.3) is 0 Å². The van der Waals surface area contributed by atoms with Crippen LogP contribution in [0.4, 0.5) is 5.82 Å². The number of rotatable bonds is 1. The molecule has 0 fully saturated rings. The molecule has 3 nitrogen and oxygen atoms in total. The van der Waals surface area contributed by atoms with Crippen molar-refractivity contribution in [3.8, 4) is 0 Å². The summed E-state index contributed by atoms with van der Waals surface area (Å²) in [4.78, 5) is 8.60. The van der Waals surface area contributed by atoms with Crippen molar-refractivity contribution >= 4 is 16.7 Å². The average Bonchev–Trinajstić information content (AvgIpc) is 2.17. The van der Waals surface area contributed by atoms with Crippen molar-refractivity contribution in [1.29, 1.82) is 0 Å². The molecule has 0 aromatic carbocycles. The molecule has 2 heterocycles. The third-order valence-corrected chi connectivity index (χ3v) is 2.24. The van der Waals surface area contributed by atoms with Crippen molar-refractivity contribution in [2.45, 2.75) is 19.8 Å². The van der Waals surface area contributed by atoms with Gasteiger partial charge in [0.15, 0.2) is 0 Å². The molecular formula is C11H13N3. The number of aromatic nitrogens is 2. The molecule has 2 aromatic rings. The summed E-state index contributed by atoms with van der Waals surface area (Å²) in [6, 6.07) is 5.81. The smallest absolute Gasteiger partial charge is 0.133 e. The van der Waals surface area contributed by atoms with Gasteiger partial charge in [0, 0.05) is 17.3 Å². The van der Waals surface area contributed by atoms with Gasteiger partial charge < -0.3 is 5.73 Å². The van der Waals surface area contributed by atoms with E-state index in [1.807, 2.05) is 18.2 Å². The summed E-state index contributed by atoms with van der Waals surface area (Å²) in [5, 5.41) is 0.928. The van der Waals surface area contributed by atoms with Gasteiger partial charge >= 0.3 is 0 Å². The van der Waals surface area contributed by atoms with Crippen LogP contribution in [-0.2, 0) is 0 Å². The Morgan fingerprint density at radius 2 is 2.14 bits per heavy atom. The van der Waals surface area contributed by atoms with Crippen LogP contribution in [0.1, 0.15) is 25.5 Å².